The van der Waals surface area contributed by atoms with Crippen LogP contribution in [0.4, 0.5) is 10.1 Å². The lowest BCUT2D eigenvalue weighted by atomic mass is 10.3. The minimum Gasteiger partial charge on any atom is -0.481 e. The molecule has 1 N–H and O–H groups in total. The Bertz CT molecular complexity index is 454. The van der Waals surface area contributed by atoms with E-state index in [1.165, 1.54) is 0 Å². The van der Waals surface area contributed by atoms with E-state index in [9.17, 15) is 19.3 Å². The molecule has 5 nitrogen and oxygen atoms in total. The highest BCUT2D eigenvalue weighted by Crippen LogP contribution is 2.32. The number of thioether (sulfide) groups is 1. The van der Waals surface area contributed by atoms with Gasteiger partial charge in [0.25, 0.3) is 5.69 Å². The van der Waals surface area contributed by atoms with Gasteiger partial charge in [-0.05, 0) is 28.7 Å². The van der Waals surface area contributed by atoms with Crippen LogP contribution >= 0.6 is 34.4 Å². The first-order valence-corrected chi connectivity index (χ1v) is 5.96. The zero-order chi connectivity index (χ0) is 12.3. The summed E-state index contributed by atoms with van der Waals surface area (Å²) in [5.41, 5.74) is -0.281. The molecular weight excluding hydrogens is 352 g/mol. The lowest BCUT2D eigenvalue weighted by molar-refractivity contribution is -0.387. The van der Waals surface area contributed by atoms with Crippen molar-refractivity contribution in [3.63, 3.8) is 0 Å². The minimum absolute atomic E-state index is 0.0188. The maximum atomic E-state index is 13.2. The molecule has 0 fully saturated rings. The summed E-state index contributed by atoms with van der Waals surface area (Å²) >= 11 is 2.36. The van der Waals surface area contributed by atoms with Crippen LogP contribution in [-0.4, -0.2) is 21.8 Å². The number of nitro groups is 1. The van der Waals surface area contributed by atoms with Crippen molar-refractivity contribution >= 4 is 46.0 Å². The van der Waals surface area contributed by atoms with Gasteiger partial charge in [-0.15, -0.1) is 11.8 Å². The van der Waals surface area contributed by atoms with E-state index in [-0.39, 0.29) is 19.9 Å². The van der Waals surface area contributed by atoms with Crippen molar-refractivity contribution in [2.45, 2.75) is 4.90 Å². The summed E-state index contributed by atoms with van der Waals surface area (Å²) in [6, 6.07) is 2.06. The predicted octanol–water partition coefficient (Wildman–Crippen LogP) is 2.52. The lowest BCUT2D eigenvalue weighted by Crippen LogP contribution is -2.00. The highest BCUT2D eigenvalue weighted by molar-refractivity contribution is 14.1. The van der Waals surface area contributed by atoms with Gasteiger partial charge in [0.2, 0.25) is 0 Å². The summed E-state index contributed by atoms with van der Waals surface area (Å²) in [4.78, 5) is 20.3. The van der Waals surface area contributed by atoms with Crippen molar-refractivity contribution in [3.8, 4) is 0 Å². The molecule has 86 valence electrons. The van der Waals surface area contributed by atoms with Gasteiger partial charge in [0.05, 0.1) is 19.1 Å². The predicted molar refractivity (Wildman–Crippen MR) is 64.1 cm³/mol. The topological polar surface area (TPSA) is 80.4 Å². The fraction of sp³-hybridized carbons (Fsp3) is 0.125. The van der Waals surface area contributed by atoms with E-state index in [1.54, 1.807) is 22.6 Å². The Labute approximate surface area is 107 Å². The van der Waals surface area contributed by atoms with Gasteiger partial charge in [-0.3, -0.25) is 14.9 Å². The zero-order valence-electron chi connectivity index (χ0n) is 7.65. The molecule has 1 rings (SSSR count). The average molecular weight is 357 g/mol. The van der Waals surface area contributed by atoms with Gasteiger partial charge < -0.3 is 5.11 Å². The fourth-order valence-electron chi connectivity index (χ4n) is 0.916. The summed E-state index contributed by atoms with van der Waals surface area (Å²) in [6.45, 7) is 0. The number of carbonyl (C=O) groups is 1. The molecule has 0 aliphatic rings. The van der Waals surface area contributed by atoms with Gasteiger partial charge in [-0.2, -0.15) is 0 Å². The molecule has 0 aliphatic heterocycles. The van der Waals surface area contributed by atoms with Crippen molar-refractivity contribution in [2.24, 2.45) is 0 Å². The van der Waals surface area contributed by atoms with E-state index in [1.807, 2.05) is 0 Å². The highest BCUT2D eigenvalue weighted by Gasteiger charge is 2.18. The first-order valence-electron chi connectivity index (χ1n) is 3.90. The zero-order valence-corrected chi connectivity index (χ0v) is 10.6. The Morgan fingerprint density at radius 3 is 2.75 bits per heavy atom. The second kappa shape index (κ2) is 5.43. The molecule has 0 amide bonds. The lowest BCUT2D eigenvalue weighted by Gasteiger charge is -2.02. The number of nitro benzene ring substituents is 1. The van der Waals surface area contributed by atoms with Crippen LogP contribution in [0.3, 0.4) is 0 Å². The molecule has 1 aromatic carbocycles. The number of carboxylic acid groups (broad SMARTS) is 1. The number of benzene rings is 1. The van der Waals surface area contributed by atoms with Crippen LogP contribution in [0.2, 0.25) is 0 Å². The van der Waals surface area contributed by atoms with Gasteiger partial charge >= 0.3 is 5.97 Å². The van der Waals surface area contributed by atoms with Crippen LogP contribution in [0, 0.1) is 19.5 Å². The van der Waals surface area contributed by atoms with Crippen molar-refractivity contribution in [2.75, 3.05) is 5.75 Å². The molecule has 0 radical (unpaired) electrons. The van der Waals surface area contributed by atoms with E-state index in [4.69, 9.17) is 5.11 Å². The number of rotatable bonds is 4. The molecule has 1 aromatic rings. The maximum Gasteiger partial charge on any atom is 0.313 e. The van der Waals surface area contributed by atoms with E-state index >= 15 is 0 Å². The highest BCUT2D eigenvalue weighted by atomic mass is 127. The molecule has 8 heteroatoms. The van der Waals surface area contributed by atoms with Crippen LogP contribution in [0.5, 0.6) is 0 Å². The number of hydrogen-bond donors (Lipinski definition) is 1. The molecule has 0 atom stereocenters. The maximum absolute atomic E-state index is 13.2. The molecule has 0 aliphatic carbocycles. The Balaban J connectivity index is 3.09. The van der Waals surface area contributed by atoms with Gasteiger partial charge in [0, 0.05) is 6.07 Å². The van der Waals surface area contributed by atoms with Crippen LogP contribution < -0.4 is 0 Å². The summed E-state index contributed by atoms with van der Waals surface area (Å²) in [5.74, 6) is -2.06. The van der Waals surface area contributed by atoms with E-state index < -0.39 is 16.7 Å². The van der Waals surface area contributed by atoms with Crippen LogP contribution in [0.15, 0.2) is 17.0 Å². The second-order valence-corrected chi connectivity index (χ2v) is 4.85. The number of halogens is 2. The molecule has 0 heterocycles. The van der Waals surface area contributed by atoms with E-state index in [0.717, 1.165) is 23.9 Å². The first kappa shape index (κ1) is 13.2. The largest absolute Gasteiger partial charge is 0.481 e. The molecule has 0 unspecified atom stereocenters. The summed E-state index contributed by atoms with van der Waals surface area (Å²) in [7, 11) is 0. The van der Waals surface area contributed by atoms with Crippen molar-refractivity contribution in [3.05, 3.63) is 31.6 Å². The first-order chi connectivity index (χ1) is 7.41. The monoisotopic (exact) mass is 357 g/mol. The quantitative estimate of drug-likeness (QED) is 0.388. The van der Waals surface area contributed by atoms with Gasteiger partial charge in [0.15, 0.2) is 0 Å². The van der Waals surface area contributed by atoms with Gasteiger partial charge in [0.1, 0.15) is 5.82 Å². The number of aliphatic carboxylic acids is 1. The Morgan fingerprint density at radius 1 is 1.62 bits per heavy atom. The number of hydrogen-bond acceptors (Lipinski definition) is 4. The normalized spacial score (nSPS) is 10.1. The van der Waals surface area contributed by atoms with Gasteiger partial charge in [-0.1, -0.05) is 0 Å². The fourth-order valence-corrected chi connectivity index (χ4v) is 2.11. The van der Waals surface area contributed by atoms with Crippen molar-refractivity contribution in [1.29, 1.82) is 0 Å². The second-order valence-electron chi connectivity index (χ2n) is 2.67. The molecule has 0 saturated carbocycles. The Kier molecular flexibility index (Phi) is 4.47. The smallest absolute Gasteiger partial charge is 0.313 e. The van der Waals surface area contributed by atoms with Crippen LogP contribution in [0.1, 0.15) is 0 Å². The van der Waals surface area contributed by atoms with E-state index in [0.29, 0.717) is 0 Å². The molecule has 16 heavy (non-hydrogen) atoms. The number of nitrogens with zero attached hydrogens (tertiary/aromatic N) is 1. The molecular formula is C8H5FINO4S. The summed E-state index contributed by atoms with van der Waals surface area (Å²) < 4.78 is 13.3. The summed E-state index contributed by atoms with van der Waals surface area (Å²) in [5, 5.41) is 19.1. The number of carboxylic acids is 1. The molecule has 0 aromatic heterocycles. The Hall–Kier alpha value is -0.900. The van der Waals surface area contributed by atoms with E-state index in [2.05, 4.69) is 0 Å². The van der Waals surface area contributed by atoms with Crippen molar-refractivity contribution < 1.29 is 19.2 Å². The third-order valence-corrected chi connectivity index (χ3v) is 3.41. The SMILES string of the molecule is O=C(O)CSc1cc(F)c(I)cc1[N+](=O)[O-]. The Morgan fingerprint density at radius 2 is 2.25 bits per heavy atom. The third-order valence-electron chi connectivity index (χ3n) is 1.55. The van der Waals surface area contributed by atoms with Gasteiger partial charge in [-0.25, -0.2) is 4.39 Å². The van der Waals surface area contributed by atoms with Crippen molar-refractivity contribution in [1.82, 2.24) is 0 Å². The van der Waals surface area contributed by atoms with Crippen LogP contribution in [0.25, 0.3) is 0 Å². The molecule has 0 spiro atoms. The average Bonchev–Trinajstić information content (AvgIpc) is 2.18. The molecule has 0 saturated heterocycles. The standard InChI is InChI=1S/C8H5FINO4S/c9-4-1-7(16-3-8(12)13)6(11(14)15)2-5(4)10/h1-2H,3H2,(H,12,13). The third kappa shape index (κ3) is 3.30. The molecule has 0 bridgehead atoms. The summed E-state index contributed by atoms with van der Waals surface area (Å²) in [6.07, 6.45) is 0. The van der Waals surface area contributed by atoms with Crippen LogP contribution in [-0.2, 0) is 4.79 Å². The minimum atomic E-state index is -1.11.